The van der Waals surface area contributed by atoms with Crippen LogP contribution >= 0.6 is 23.2 Å². The molecule has 0 fully saturated rings. The summed E-state index contributed by atoms with van der Waals surface area (Å²) in [6.07, 6.45) is 0. The van der Waals surface area contributed by atoms with Crippen LogP contribution in [0.1, 0.15) is 5.56 Å². The van der Waals surface area contributed by atoms with Crippen molar-refractivity contribution in [1.29, 1.82) is 0 Å². The van der Waals surface area contributed by atoms with Crippen LogP contribution < -0.4 is 15.5 Å². The minimum absolute atomic E-state index is 0.00399. The summed E-state index contributed by atoms with van der Waals surface area (Å²) in [5.74, 6) is -1.06. The molecule has 0 bridgehead atoms. The molecule has 2 aromatic rings. The Balaban J connectivity index is 1.83. The lowest BCUT2D eigenvalue weighted by atomic mass is 10.2. The number of imide groups is 1. The van der Waals surface area contributed by atoms with Gasteiger partial charge in [-0.05, 0) is 24.3 Å². The van der Waals surface area contributed by atoms with Crippen molar-refractivity contribution in [2.75, 3.05) is 18.9 Å². The van der Waals surface area contributed by atoms with E-state index in [2.05, 4.69) is 10.6 Å². The summed E-state index contributed by atoms with van der Waals surface area (Å²) in [5, 5.41) is 5.37. The molecule has 0 aliphatic carbocycles. The molecule has 0 aliphatic rings. The number of urea groups is 1. The lowest BCUT2D eigenvalue weighted by Gasteiger charge is -2.14. The fourth-order valence-electron chi connectivity index (χ4n) is 2.22. The molecule has 2 rings (SSSR count). The number of carbonyl (C=O) groups is 2. The molecule has 0 saturated carbocycles. The summed E-state index contributed by atoms with van der Waals surface area (Å²) in [6, 6.07) is 10.2. The predicted molar refractivity (Wildman–Crippen MR) is 95.5 cm³/mol. The Morgan fingerprint density at radius 3 is 2.52 bits per heavy atom. The second-order valence-electron chi connectivity index (χ2n) is 5.54. The van der Waals surface area contributed by atoms with Gasteiger partial charge < -0.3 is 10.2 Å². The first-order chi connectivity index (χ1) is 11.8. The summed E-state index contributed by atoms with van der Waals surface area (Å²) < 4.78 is 13.4. The molecule has 0 radical (unpaired) electrons. The van der Waals surface area contributed by atoms with Gasteiger partial charge >= 0.3 is 6.03 Å². The third kappa shape index (κ3) is 6.01. The SMILES string of the molecule is C[NH+](CC(=O)NC(=O)Nc1ccccc1F)Cc1ccc(Cl)c(Cl)c1. The van der Waals surface area contributed by atoms with Crippen LogP contribution in [0, 0.1) is 5.82 Å². The second-order valence-corrected chi connectivity index (χ2v) is 6.36. The molecule has 5 nitrogen and oxygen atoms in total. The second kappa shape index (κ2) is 8.80. The summed E-state index contributed by atoms with van der Waals surface area (Å²) >= 11 is 11.8. The minimum atomic E-state index is -0.780. The van der Waals surface area contributed by atoms with Crippen molar-refractivity contribution in [2.45, 2.75) is 6.54 Å². The number of hydrogen-bond donors (Lipinski definition) is 3. The van der Waals surface area contributed by atoms with Gasteiger partial charge in [0.25, 0.3) is 5.91 Å². The number of carbonyl (C=O) groups excluding carboxylic acids is 2. The molecule has 0 saturated heterocycles. The summed E-state index contributed by atoms with van der Waals surface area (Å²) in [7, 11) is 1.80. The number of halogens is 3. The van der Waals surface area contributed by atoms with Crippen LogP contribution in [-0.2, 0) is 11.3 Å². The van der Waals surface area contributed by atoms with Gasteiger partial charge in [-0.1, -0.05) is 41.4 Å². The maximum absolute atomic E-state index is 13.4. The van der Waals surface area contributed by atoms with Crippen LogP contribution in [-0.4, -0.2) is 25.5 Å². The van der Waals surface area contributed by atoms with Gasteiger partial charge in [0.05, 0.1) is 22.8 Å². The zero-order chi connectivity index (χ0) is 18.4. The first-order valence-electron chi connectivity index (χ1n) is 7.45. The van der Waals surface area contributed by atoms with Crippen LogP contribution in [0.2, 0.25) is 10.0 Å². The Morgan fingerprint density at radius 2 is 1.84 bits per heavy atom. The van der Waals surface area contributed by atoms with Crippen LogP contribution in [0.5, 0.6) is 0 Å². The number of quaternary nitrogens is 1. The molecule has 132 valence electrons. The largest absolute Gasteiger partial charge is 0.326 e. The fourth-order valence-corrected chi connectivity index (χ4v) is 2.54. The lowest BCUT2D eigenvalue weighted by Crippen LogP contribution is -3.09. The molecule has 2 aromatic carbocycles. The van der Waals surface area contributed by atoms with Crippen molar-refractivity contribution < 1.29 is 18.9 Å². The molecule has 0 aliphatic heterocycles. The maximum Gasteiger partial charge on any atom is 0.326 e. The molecule has 1 atom stereocenters. The molecule has 3 N–H and O–H groups in total. The molecular formula is C17H17Cl2FN3O2+. The van der Waals surface area contributed by atoms with Gasteiger partial charge in [0.2, 0.25) is 0 Å². The van der Waals surface area contributed by atoms with E-state index in [1.165, 1.54) is 18.2 Å². The van der Waals surface area contributed by atoms with Gasteiger partial charge in [-0.25, -0.2) is 9.18 Å². The summed E-state index contributed by atoms with van der Waals surface area (Å²) in [6.45, 7) is 0.587. The summed E-state index contributed by atoms with van der Waals surface area (Å²) in [4.78, 5) is 24.5. The number of amides is 3. The number of para-hydroxylation sites is 1. The Hall–Kier alpha value is -2.15. The monoisotopic (exact) mass is 384 g/mol. The van der Waals surface area contributed by atoms with Gasteiger partial charge in [0.15, 0.2) is 6.54 Å². The Kier molecular flexibility index (Phi) is 6.75. The zero-order valence-corrected chi connectivity index (χ0v) is 14.9. The smallest absolute Gasteiger partial charge is 0.326 e. The highest BCUT2D eigenvalue weighted by Crippen LogP contribution is 2.22. The van der Waals surface area contributed by atoms with Crippen molar-refractivity contribution in [2.24, 2.45) is 0 Å². The quantitative estimate of drug-likeness (QED) is 0.741. The van der Waals surface area contributed by atoms with E-state index in [0.717, 1.165) is 10.5 Å². The van der Waals surface area contributed by atoms with Crippen LogP contribution in [0.3, 0.4) is 0 Å². The molecule has 0 aromatic heterocycles. The van der Waals surface area contributed by atoms with Crippen molar-refractivity contribution in [3.05, 3.63) is 63.9 Å². The number of benzene rings is 2. The van der Waals surface area contributed by atoms with E-state index < -0.39 is 17.8 Å². The highest BCUT2D eigenvalue weighted by atomic mass is 35.5. The predicted octanol–water partition coefficient (Wildman–Crippen LogP) is 2.50. The average Bonchev–Trinajstić information content (AvgIpc) is 2.52. The molecule has 8 heteroatoms. The lowest BCUT2D eigenvalue weighted by molar-refractivity contribution is -0.885. The highest BCUT2D eigenvalue weighted by Gasteiger charge is 2.15. The van der Waals surface area contributed by atoms with Gasteiger partial charge in [-0.2, -0.15) is 0 Å². The molecular weight excluding hydrogens is 368 g/mol. The molecule has 0 spiro atoms. The Bertz CT molecular complexity index is 786. The van der Waals surface area contributed by atoms with Crippen LogP contribution in [0.25, 0.3) is 0 Å². The van der Waals surface area contributed by atoms with Crippen molar-refractivity contribution in [3.8, 4) is 0 Å². The topological polar surface area (TPSA) is 62.6 Å². The molecule has 1 unspecified atom stereocenters. The molecule has 3 amide bonds. The fraction of sp³-hybridized carbons (Fsp3) is 0.176. The number of likely N-dealkylation sites (N-methyl/N-ethyl adjacent to an activating group) is 1. The van der Waals surface area contributed by atoms with E-state index >= 15 is 0 Å². The van der Waals surface area contributed by atoms with Crippen LogP contribution in [0.4, 0.5) is 14.9 Å². The standard InChI is InChI=1S/C17H16Cl2FN3O2/c1-23(9-11-6-7-12(18)13(19)8-11)10-16(24)22-17(25)21-15-5-3-2-4-14(15)20/h2-8H,9-10H2,1H3,(H2,21,22,24,25)/p+1. The normalized spacial score (nSPS) is 11.7. The van der Waals surface area contributed by atoms with Crippen LogP contribution in [0.15, 0.2) is 42.5 Å². The average molecular weight is 385 g/mol. The van der Waals surface area contributed by atoms with E-state index in [0.29, 0.717) is 16.6 Å². The Morgan fingerprint density at radius 1 is 1.12 bits per heavy atom. The third-order valence-corrected chi connectivity index (χ3v) is 4.07. The van der Waals surface area contributed by atoms with Crippen molar-refractivity contribution in [3.63, 3.8) is 0 Å². The number of rotatable bonds is 5. The molecule has 25 heavy (non-hydrogen) atoms. The van der Waals surface area contributed by atoms with Crippen molar-refractivity contribution in [1.82, 2.24) is 5.32 Å². The molecule has 0 heterocycles. The number of anilines is 1. The summed E-state index contributed by atoms with van der Waals surface area (Å²) in [5.41, 5.74) is 0.916. The van der Waals surface area contributed by atoms with Gasteiger partial charge in [0, 0.05) is 5.56 Å². The first-order valence-corrected chi connectivity index (χ1v) is 8.21. The third-order valence-electron chi connectivity index (χ3n) is 3.33. The van der Waals surface area contributed by atoms with E-state index in [9.17, 15) is 14.0 Å². The van der Waals surface area contributed by atoms with Gasteiger partial charge in [-0.3, -0.25) is 10.1 Å². The zero-order valence-electron chi connectivity index (χ0n) is 13.4. The van der Waals surface area contributed by atoms with E-state index in [1.807, 2.05) is 6.07 Å². The van der Waals surface area contributed by atoms with E-state index in [1.54, 1.807) is 25.2 Å². The van der Waals surface area contributed by atoms with Gasteiger partial charge in [0.1, 0.15) is 12.4 Å². The maximum atomic E-state index is 13.4. The van der Waals surface area contributed by atoms with E-state index in [-0.39, 0.29) is 12.2 Å². The number of hydrogen-bond acceptors (Lipinski definition) is 2. The van der Waals surface area contributed by atoms with Gasteiger partial charge in [-0.15, -0.1) is 0 Å². The number of nitrogens with one attached hydrogen (secondary N) is 3. The minimum Gasteiger partial charge on any atom is -0.326 e. The van der Waals surface area contributed by atoms with E-state index in [4.69, 9.17) is 23.2 Å². The highest BCUT2D eigenvalue weighted by molar-refractivity contribution is 6.42. The van der Waals surface area contributed by atoms with Crippen molar-refractivity contribution >= 4 is 40.8 Å². The Labute approximate surface area is 154 Å². The first kappa shape index (κ1) is 19.2.